The fourth-order valence-electron chi connectivity index (χ4n) is 3.94. The molecule has 1 aromatic heterocycles. The molecule has 0 radical (unpaired) electrons. The molecule has 1 fully saturated rings. The number of carbonyl (C=O) groups excluding carboxylic acids is 2. The smallest absolute Gasteiger partial charge is 0.260 e. The minimum absolute atomic E-state index is 0.0688. The van der Waals surface area contributed by atoms with Gasteiger partial charge in [-0.15, -0.1) is 0 Å². The molecule has 1 N–H and O–H groups in total. The molecule has 5 rings (SSSR count). The molecule has 2 heterocycles. The van der Waals surface area contributed by atoms with Gasteiger partial charge in [0.1, 0.15) is 5.75 Å². The van der Waals surface area contributed by atoms with Crippen molar-refractivity contribution in [3.8, 4) is 28.6 Å². The highest BCUT2D eigenvalue weighted by molar-refractivity contribution is 6.04. The van der Waals surface area contributed by atoms with Crippen LogP contribution in [-0.4, -0.2) is 35.6 Å². The van der Waals surface area contributed by atoms with Crippen LogP contribution >= 0.6 is 0 Å². The van der Waals surface area contributed by atoms with Gasteiger partial charge in [0.25, 0.3) is 5.89 Å². The number of aromatic nitrogens is 2. The molecule has 1 aliphatic rings. The maximum Gasteiger partial charge on any atom is 0.260 e. The lowest BCUT2D eigenvalue weighted by Gasteiger charge is -2.16. The minimum atomic E-state index is -0.460. The molecule has 1 saturated heterocycles. The summed E-state index contributed by atoms with van der Waals surface area (Å²) in [6, 6.07) is 23.9. The number of rotatable bonds is 6. The molecule has 3 aromatic carbocycles. The summed E-state index contributed by atoms with van der Waals surface area (Å²) in [5.74, 6) is 0.693. The molecule has 4 aromatic rings. The van der Waals surface area contributed by atoms with Crippen LogP contribution in [-0.2, 0) is 9.59 Å². The molecular formula is C26H22N4O4. The molecule has 34 heavy (non-hydrogen) atoms. The summed E-state index contributed by atoms with van der Waals surface area (Å²) in [7, 11) is 1.60. The van der Waals surface area contributed by atoms with Crippen molar-refractivity contribution in [2.45, 2.75) is 6.42 Å². The maximum absolute atomic E-state index is 13.0. The second-order valence-electron chi connectivity index (χ2n) is 7.93. The summed E-state index contributed by atoms with van der Waals surface area (Å²) in [4.78, 5) is 31.7. The van der Waals surface area contributed by atoms with Gasteiger partial charge in [-0.2, -0.15) is 4.98 Å². The summed E-state index contributed by atoms with van der Waals surface area (Å²) >= 11 is 0. The van der Waals surface area contributed by atoms with Crippen molar-refractivity contribution in [2.75, 3.05) is 23.9 Å². The highest BCUT2D eigenvalue weighted by Gasteiger charge is 2.35. The zero-order chi connectivity index (χ0) is 23.5. The molecule has 1 aliphatic heterocycles. The second-order valence-corrected chi connectivity index (χ2v) is 7.93. The summed E-state index contributed by atoms with van der Waals surface area (Å²) < 4.78 is 10.7. The fourth-order valence-corrected chi connectivity index (χ4v) is 3.94. The first-order valence-electron chi connectivity index (χ1n) is 10.9. The molecule has 8 nitrogen and oxygen atoms in total. The number of para-hydroxylation sites is 2. The van der Waals surface area contributed by atoms with Crippen LogP contribution in [0.2, 0.25) is 0 Å². The predicted molar refractivity (Wildman–Crippen MR) is 127 cm³/mol. The molecular weight excluding hydrogens is 432 g/mol. The van der Waals surface area contributed by atoms with Crippen LogP contribution in [0.3, 0.4) is 0 Å². The van der Waals surface area contributed by atoms with Crippen molar-refractivity contribution < 1.29 is 18.8 Å². The Balaban J connectivity index is 1.33. The van der Waals surface area contributed by atoms with Gasteiger partial charge in [0.2, 0.25) is 17.6 Å². The third-order valence-electron chi connectivity index (χ3n) is 5.75. The number of nitrogens with zero attached hydrogens (tertiary/aromatic N) is 3. The van der Waals surface area contributed by atoms with Crippen LogP contribution in [0.15, 0.2) is 83.4 Å². The minimum Gasteiger partial charge on any atom is -0.497 e. The largest absolute Gasteiger partial charge is 0.497 e. The van der Waals surface area contributed by atoms with Crippen molar-refractivity contribution in [3.05, 3.63) is 78.9 Å². The topological polar surface area (TPSA) is 97.6 Å². The number of carbonyl (C=O) groups is 2. The van der Waals surface area contributed by atoms with E-state index in [1.807, 2.05) is 66.7 Å². The number of methoxy groups -OCH3 is 1. The first-order chi connectivity index (χ1) is 16.6. The summed E-state index contributed by atoms with van der Waals surface area (Å²) in [6.07, 6.45) is 0.158. The Kier molecular flexibility index (Phi) is 5.78. The first kappa shape index (κ1) is 21.4. The number of ether oxygens (including phenoxy) is 1. The average molecular weight is 454 g/mol. The van der Waals surface area contributed by atoms with Gasteiger partial charge in [0.05, 0.1) is 24.3 Å². The zero-order valence-electron chi connectivity index (χ0n) is 18.5. The van der Waals surface area contributed by atoms with E-state index >= 15 is 0 Å². The number of benzene rings is 3. The number of anilines is 2. The average Bonchev–Trinajstić information content (AvgIpc) is 3.52. The third kappa shape index (κ3) is 4.25. The molecule has 170 valence electrons. The van der Waals surface area contributed by atoms with E-state index in [4.69, 9.17) is 9.26 Å². The molecule has 0 bridgehead atoms. The van der Waals surface area contributed by atoms with E-state index in [9.17, 15) is 9.59 Å². The van der Waals surface area contributed by atoms with Crippen LogP contribution in [0.5, 0.6) is 5.75 Å². The van der Waals surface area contributed by atoms with Crippen molar-refractivity contribution in [2.24, 2.45) is 5.92 Å². The lowest BCUT2D eigenvalue weighted by molar-refractivity contribution is -0.122. The lowest BCUT2D eigenvalue weighted by Crippen LogP contribution is -2.28. The fraction of sp³-hybridized carbons (Fsp3) is 0.154. The van der Waals surface area contributed by atoms with Gasteiger partial charge in [-0.3, -0.25) is 9.59 Å². The standard InChI is InChI=1S/C26H22N4O4/c1-33-20-13-11-17(12-14-20)24-28-26(34-29-24)21-9-5-6-10-22(21)27-25(32)18-15-23(31)30(16-18)19-7-3-2-4-8-19/h2-14,18H,15-16H2,1H3,(H,27,32)/t18-/m1/s1. The Bertz CT molecular complexity index is 1320. The van der Waals surface area contributed by atoms with Gasteiger partial charge in [-0.1, -0.05) is 35.5 Å². The molecule has 0 saturated carbocycles. The van der Waals surface area contributed by atoms with Gasteiger partial charge < -0.3 is 19.5 Å². The molecule has 0 unspecified atom stereocenters. The highest BCUT2D eigenvalue weighted by atomic mass is 16.5. The van der Waals surface area contributed by atoms with Gasteiger partial charge in [0.15, 0.2) is 0 Å². The van der Waals surface area contributed by atoms with Crippen molar-refractivity contribution in [1.29, 1.82) is 0 Å². The van der Waals surface area contributed by atoms with E-state index < -0.39 is 5.92 Å². The van der Waals surface area contributed by atoms with Crippen LogP contribution in [0, 0.1) is 5.92 Å². The molecule has 0 spiro atoms. The monoisotopic (exact) mass is 454 g/mol. The lowest BCUT2D eigenvalue weighted by atomic mass is 10.1. The van der Waals surface area contributed by atoms with Crippen LogP contribution in [0.25, 0.3) is 22.8 Å². The van der Waals surface area contributed by atoms with Crippen molar-refractivity contribution in [1.82, 2.24) is 10.1 Å². The van der Waals surface area contributed by atoms with Gasteiger partial charge in [-0.25, -0.2) is 0 Å². The van der Waals surface area contributed by atoms with E-state index in [1.54, 1.807) is 24.1 Å². The quantitative estimate of drug-likeness (QED) is 0.464. The molecule has 2 amide bonds. The van der Waals surface area contributed by atoms with E-state index in [-0.39, 0.29) is 24.1 Å². The van der Waals surface area contributed by atoms with Crippen LogP contribution in [0.1, 0.15) is 6.42 Å². The Hall–Kier alpha value is -4.46. The Morgan fingerprint density at radius 2 is 1.76 bits per heavy atom. The number of hydrogen-bond donors (Lipinski definition) is 1. The third-order valence-corrected chi connectivity index (χ3v) is 5.75. The molecule has 0 aliphatic carbocycles. The van der Waals surface area contributed by atoms with Crippen molar-refractivity contribution in [3.63, 3.8) is 0 Å². The normalized spacial score (nSPS) is 15.4. The van der Waals surface area contributed by atoms with Gasteiger partial charge in [0, 0.05) is 24.2 Å². The highest BCUT2D eigenvalue weighted by Crippen LogP contribution is 2.31. The molecule has 8 heteroatoms. The second kappa shape index (κ2) is 9.19. The summed E-state index contributed by atoms with van der Waals surface area (Å²) in [5.41, 5.74) is 2.72. The van der Waals surface area contributed by atoms with Crippen LogP contribution in [0.4, 0.5) is 11.4 Å². The SMILES string of the molecule is COc1ccc(-c2noc(-c3ccccc3NC(=O)[C@@H]3CC(=O)N(c4ccccc4)C3)n2)cc1. The summed E-state index contributed by atoms with van der Waals surface area (Å²) in [5, 5.41) is 7.02. The predicted octanol–water partition coefficient (Wildman–Crippen LogP) is 4.40. The Morgan fingerprint density at radius 1 is 1.03 bits per heavy atom. The number of nitrogens with one attached hydrogen (secondary N) is 1. The Morgan fingerprint density at radius 3 is 2.53 bits per heavy atom. The molecule has 1 atom stereocenters. The maximum atomic E-state index is 13.0. The van der Waals surface area contributed by atoms with Crippen LogP contribution < -0.4 is 15.0 Å². The van der Waals surface area contributed by atoms with E-state index in [1.165, 1.54) is 0 Å². The number of amides is 2. The van der Waals surface area contributed by atoms with Gasteiger partial charge >= 0.3 is 0 Å². The number of hydrogen-bond acceptors (Lipinski definition) is 6. The summed E-state index contributed by atoms with van der Waals surface area (Å²) in [6.45, 7) is 0.332. The van der Waals surface area contributed by atoms with Gasteiger partial charge in [-0.05, 0) is 48.5 Å². The Labute approximate surface area is 196 Å². The van der Waals surface area contributed by atoms with E-state index in [0.717, 1.165) is 17.0 Å². The van der Waals surface area contributed by atoms with E-state index in [0.29, 0.717) is 23.6 Å². The van der Waals surface area contributed by atoms with Crippen molar-refractivity contribution >= 4 is 23.2 Å². The zero-order valence-corrected chi connectivity index (χ0v) is 18.5. The van der Waals surface area contributed by atoms with E-state index in [2.05, 4.69) is 15.5 Å². The first-order valence-corrected chi connectivity index (χ1v) is 10.9.